The van der Waals surface area contributed by atoms with Crippen LogP contribution in [0.25, 0.3) is 16.8 Å². The minimum atomic E-state index is -0.500. The number of imide groups is 1. The zero-order valence-electron chi connectivity index (χ0n) is 23.3. The largest absolute Gasteiger partial charge is 0.488 e. The maximum atomic E-state index is 13.4. The lowest BCUT2D eigenvalue weighted by Crippen LogP contribution is -2.51. The van der Waals surface area contributed by atoms with Crippen molar-refractivity contribution >= 4 is 51.4 Å². The summed E-state index contributed by atoms with van der Waals surface area (Å²) >= 11 is 0.822. The highest BCUT2D eigenvalue weighted by molar-refractivity contribution is 8.18. The highest BCUT2D eigenvalue weighted by Gasteiger charge is 2.38. The second-order valence-electron chi connectivity index (χ2n) is 10.2. The third-order valence-corrected chi connectivity index (χ3v) is 8.56. The van der Waals surface area contributed by atoms with Gasteiger partial charge in [0.15, 0.2) is 0 Å². The van der Waals surface area contributed by atoms with Crippen molar-refractivity contribution in [3.8, 4) is 11.8 Å². The van der Waals surface area contributed by atoms with Gasteiger partial charge in [0.25, 0.3) is 11.1 Å². The van der Waals surface area contributed by atoms with Crippen LogP contribution >= 0.6 is 11.8 Å². The van der Waals surface area contributed by atoms with E-state index in [1.165, 1.54) is 0 Å². The van der Waals surface area contributed by atoms with Gasteiger partial charge < -0.3 is 14.5 Å². The summed E-state index contributed by atoms with van der Waals surface area (Å²) in [6, 6.07) is 30.9. The van der Waals surface area contributed by atoms with Gasteiger partial charge in [-0.3, -0.25) is 19.3 Å². The van der Waals surface area contributed by atoms with E-state index in [1.807, 2.05) is 78.9 Å². The molecule has 43 heavy (non-hydrogen) atoms. The smallest absolute Gasteiger partial charge is 0.294 e. The zero-order valence-corrected chi connectivity index (χ0v) is 24.1. The van der Waals surface area contributed by atoms with Gasteiger partial charge in [0.2, 0.25) is 5.91 Å². The van der Waals surface area contributed by atoms with Crippen LogP contribution in [0.15, 0.2) is 95.9 Å². The van der Waals surface area contributed by atoms with Gasteiger partial charge in [-0.25, -0.2) is 0 Å². The Morgan fingerprint density at radius 2 is 1.60 bits per heavy atom. The fourth-order valence-corrected chi connectivity index (χ4v) is 6.14. The molecular formula is C34H28N4O4S. The Labute approximate surface area is 253 Å². The van der Waals surface area contributed by atoms with Gasteiger partial charge in [-0.05, 0) is 52.9 Å². The van der Waals surface area contributed by atoms with Crippen molar-refractivity contribution in [2.75, 3.05) is 37.6 Å². The first-order valence-electron chi connectivity index (χ1n) is 14.0. The molecule has 2 fully saturated rings. The van der Waals surface area contributed by atoms with Gasteiger partial charge in [-0.15, -0.1) is 0 Å². The molecule has 4 aromatic rings. The number of nitrogens with zero attached hydrogens (tertiary/aromatic N) is 4. The van der Waals surface area contributed by atoms with Crippen molar-refractivity contribution < 1.29 is 19.1 Å². The molecule has 6 rings (SSSR count). The van der Waals surface area contributed by atoms with Crippen LogP contribution < -0.4 is 9.64 Å². The molecule has 8 nitrogen and oxygen atoms in total. The molecule has 3 amide bonds. The standard InChI is InChI=1S/C34H28N4O4S/c35-21-25-9-4-5-10-26(25)23-42-30-15-14-24-8-6-7-13-28(24)29(30)20-31-33(40)38(34(41)43-31)22-32(39)37-18-16-36(17-19-37)27-11-2-1-3-12-27/h1-15,20H,16-19,22-23H2/b31-20+. The zero-order chi connectivity index (χ0) is 29.8. The third-order valence-electron chi connectivity index (χ3n) is 7.65. The molecule has 0 aliphatic carbocycles. The first-order valence-corrected chi connectivity index (χ1v) is 14.8. The summed E-state index contributed by atoms with van der Waals surface area (Å²) in [5.41, 5.74) is 3.03. The maximum absolute atomic E-state index is 13.4. The van der Waals surface area contributed by atoms with Gasteiger partial charge in [-0.1, -0.05) is 66.7 Å². The van der Waals surface area contributed by atoms with Crippen molar-refractivity contribution in [2.24, 2.45) is 0 Å². The Morgan fingerprint density at radius 3 is 2.40 bits per heavy atom. The monoisotopic (exact) mass is 588 g/mol. The lowest BCUT2D eigenvalue weighted by Gasteiger charge is -2.36. The average molecular weight is 589 g/mol. The van der Waals surface area contributed by atoms with E-state index in [2.05, 4.69) is 11.0 Å². The first-order chi connectivity index (χ1) is 21.0. The summed E-state index contributed by atoms with van der Waals surface area (Å²) in [7, 11) is 0. The predicted molar refractivity (Wildman–Crippen MR) is 167 cm³/mol. The molecule has 0 atom stereocenters. The van der Waals surface area contributed by atoms with Crippen molar-refractivity contribution in [1.82, 2.24) is 9.80 Å². The number of carbonyl (C=O) groups excluding carboxylic acids is 3. The number of benzene rings is 4. The van der Waals surface area contributed by atoms with Gasteiger partial charge in [0.05, 0.1) is 16.5 Å². The molecule has 214 valence electrons. The van der Waals surface area contributed by atoms with Crippen molar-refractivity contribution in [3.63, 3.8) is 0 Å². The average Bonchev–Trinajstić information content (AvgIpc) is 3.32. The maximum Gasteiger partial charge on any atom is 0.294 e. The van der Waals surface area contributed by atoms with Crippen molar-refractivity contribution in [1.29, 1.82) is 5.26 Å². The number of rotatable bonds is 7. The second-order valence-corrected chi connectivity index (χ2v) is 11.2. The van der Waals surface area contributed by atoms with E-state index in [1.54, 1.807) is 23.1 Å². The van der Waals surface area contributed by atoms with Gasteiger partial charge in [-0.2, -0.15) is 5.26 Å². The molecule has 2 saturated heterocycles. The van der Waals surface area contributed by atoms with E-state index < -0.39 is 11.1 Å². The number of piperazine rings is 1. The van der Waals surface area contributed by atoms with Crippen LogP contribution in [0.3, 0.4) is 0 Å². The van der Waals surface area contributed by atoms with Crippen molar-refractivity contribution in [2.45, 2.75) is 6.61 Å². The van der Waals surface area contributed by atoms with Crippen LogP contribution in [0, 0.1) is 11.3 Å². The molecule has 2 heterocycles. The Morgan fingerprint density at radius 1 is 0.884 bits per heavy atom. The summed E-state index contributed by atoms with van der Waals surface area (Å²) in [6.45, 7) is 2.27. The molecule has 0 aromatic heterocycles. The number of nitriles is 1. The number of thioether (sulfide) groups is 1. The van der Waals surface area contributed by atoms with Crippen molar-refractivity contribution in [3.05, 3.63) is 113 Å². The SMILES string of the molecule is N#Cc1ccccc1COc1ccc2ccccc2c1/C=C1/SC(=O)N(CC(=O)N2CCN(c3ccccc3)CC2)C1=O. The van der Waals surface area contributed by atoms with Crippen LogP contribution in [0.5, 0.6) is 5.75 Å². The summed E-state index contributed by atoms with van der Waals surface area (Å²) in [5, 5.41) is 10.8. The first kappa shape index (κ1) is 28.1. The highest BCUT2D eigenvalue weighted by Crippen LogP contribution is 2.37. The van der Waals surface area contributed by atoms with E-state index in [4.69, 9.17) is 4.74 Å². The topological polar surface area (TPSA) is 93.9 Å². The van der Waals surface area contributed by atoms with Gasteiger partial charge >= 0.3 is 0 Å². The summed E-state index contributed by atoms with van der Waals surface area (Å²) in [6.07, 6.45) is 1.67. The Kier molecular flexibility index (Phi) is 8.11. The molecular weight excluding hydrogens is 560 g/mol. The van der Waals surface area contributed by atoms with E-state index in [0.717, 1.165) is 38.7 Å². The Hall–Kier alpha value is -5.07. The number of para-hydroxylation sites is 1. The second kappa shape index (κ2) is 12.4. The lowest BCUT2D eigenvalue weighted by atomic mass is 10.0. The number of fused-ring (bicyclic) bond motifs is 1. The number of amides is 3. The predicted octanol–water partition coefficient (Wildman–Crippen LogP) is 5.68. The molecule has 4 aromatic carbocycles. The van der Waals surface area contributed by atoms with Crippen LogP contribution in [-0.4, -0.2) is 59.6 Å². The summed E-state index contributed by atoms with van der Waals surface area (Å²) in [4.78, 5) is 44.7. The molecule has 9 heteroatoms. The third kappa shape index (κ3) is 5.96. The molecule has 0 bridgehead atoms. The number of carbonyl (C=O) groups is 3. The van der Waals surface area contributed by atoms with Crippen LogP contribution in [0.4, 0.5) is 10.5 Å². The molecule has 0 unspecified atom stereocenters. The number of ether oxygens (including phenoxy) is 1. The summed E-state index contributed by atoms with van der Waals surface area (Å²) in [5.74, 6) is -0.229. The van der Waals surface area contributed by atoms with Gasteiger partial charge in [0.1, 0.15) is 18.9 Å². The molecule has 0 spiro atoms. The fraction of sp³-hybridized carbons (Fsp3) is 0.176. The van der Waals surface area contributed by atoms with Gasteiger partial charge in [0, 0.05) is 43.0 Å². The minimum absolute atomic E-state index is 0.163. The summed E-state index contributed by atoms with van der Waals surface area (Å²) < 4.78 is 6.18. The normalized spacial score (nSPS) is 16.2. The number of hydrogen-bond acceptors (Lipinski definition) is 7. The van der Waals surface area contributed by atoms with E-state index in [-0.39, 0.29) is 24.0 Å². The lowest BCUT2D eigenvalue weighted by molar-refractivity contribution is -0.136. The molecule has 2 aliphatic heterocycles. The van der Waals surface area contributed by atoms with E-state index in [0.29, 0.717) is 43.1 Å². The van der Waals surface area contributed by atoms with Crippen LogP contribution in [0.2, 0.25) is 0 Å². The Bertz CT molecular complexity index is 1770. The molecule has 0 saturated carbocycles. The number of anilines is 1. The quantitative estimate of drug-likeness (QED) is 0.257. The minimum Gasteiger partial charge on any atom is -0.488 e. The molecule has 2 aliphatic rings. The van der Waals surface area contributed by atoms with E-state index >= 15 is 0 Å². The van der Waals surface area contributed by atoms with Crippen LogP contribution in [0.1, 0.15) is 16.7 Å². The molecule has 0 radical (unpaired) electrons. The Balaban J connectivity index is 1.19. The fourth-order valence-electron chi connectivity index (χ4n) is 5.32. The highest BCUT2D eigenvalue weighted by atomic mass is 32.2. The number of hydrogen-bond donors (Lipinski definition) is 0. The van der Waals surface area contributed by atoms with Crippen LogP contribution in [-0.2, 0) is 16.2 Å². The van der Waals surface area contributed by atoms with E-state index in [9.17, 15) is 19.6 Å². The molecule has 0 N–H and O–H groups in total.